The minimum absolute atomic E-state index is 0.0458. The van der Waals surface area contributed by atoms with Crippen LogP contribution in [0.3, 0.4) is 0 Å². The normalized spacial score (nSPS) is 17.8. The van der Waals surface area contributed by atoms with Crippen molar-refractivity contribution in [2.24, 2.45) is 0 Å². The van der Waals surface area contributed by atoms with E-state index in [9.17, 15) is 14.4 Å². The number of anilines is 2. The van der Waals surface area contributed by atoms with E-state index in [0.29, 0.717) is 17.9 Å². The zero-order valence-corrected chi connectivity index (χ0v) is 14.1. The lowest BCUT2D eigenvalue weighted by Crippen LogP contribution is -2.49. The quantitative estimate of drug-likeness (QED) is 0.755. The molecule has 1 atom stereocenters. The van der Waals surface area contributed by atoms with Crippen LogP contribution in [0, 0.1) is 0 Å². The maximum atomic E-state index is 12.3. The van der Waals surface area contributed by atoms with Crippen LogP contribution in [0.1, 0.15) is 26.7 Å². The van der Waals surface area contributed by atoms with Crippen LogP contribution in [-0.2, 0) is 14.4 Å². The first-order chi connectivity index (χ1) is 11.4. The van der Waals surface area contributed by atoms with E-state index in [0.717, 1.165) is 19.4 Å². The van der Waals surface area contributed by atoms with E-state index in [-0.39, 0.29) is 30.3 Å². The summed E-state index contributed by atoms with van der Waals surface area (Å²) < 4.78 is 0. The van der Waals surface area contributed by atoms with Crippen LogP contribution in [0.5, 0.6) is 0 Å². The van der Waals surface area contributed by atoms with Gasteiger partial charge in [-0.3, -0.25) is 19.3 Å². The molecule has 0 aliphatic carbocycles. The van der Waals surface area contributed by atoms with Gasteiger partial charge in [0.1, 0.15) is 0 Å². The van der Waals surface area contributed by atoms with Gasteiger partial charge in [0, 0.05) is 26.4 Å². The zero-order chi connectivity index (χ0) is 17.5. The minimum atomic E-state index is -0.189. The smallest absolute Gasteiger partial charge is 0.238 e. The lowest BCUT2D eigenvalue weighted by atomic mass is 10.1. The van der Waals surface area contributed by atoms with Crippen molar-refractivity contribution >= 4 is 29.1 Å². The molecule has 1 aromatic carbocycles. The van der Waals surface area contributed by atoms with Crippen LogP contribution in [0.4, 0.5) is 11.4 Å². The van der Waals surface area contributed by atoms with Crippen LogP contribution < -0.4 is 16.0 Å². The number of nitrogens with zero attached hydrogens (tertiary/aromatic N) is 1. The first-order valence-corrected chi connectivity index (χ1v) is 8.10. The van der Waals surface area contributed by atoms with Crippen molar-refractivity contribution in [2.45, 2.75) is 32.7 Å². The van der Waals surface area contributed by atoms with Crippen molar-refractivity contribution in [3.05, 3.63) is 24.3 Å². The average molecular weight is 332 g/mol. The number of para-hydroxylation sites is 2. The van der Waals surface area contributed by atoms with Crippen LogP contribution in [0.15, 0.2) is 24.3 Å². The molecular formula is C17H24N4O3. The summed E-state index contributed by atoms with van der Waals surface area (Å²) in [6, 6.07) is 7.18. The maximum absolute atomic E-state index is 12.3. The number of hydrogen-bond acceptors (Lipinski definition) is 4. The third-order valence-corrected chi connectivity index (χ3v) is 3.79. The van der Waals surface area contributed by atoms with E-state index in [2.05, 4.69) is 16.0 Å². The molecule has 1 saturated heterocycles. The topological polar surface area (TPSA) is 90.5 Å². The van der Waals surface area contributed by atoms with E-state index < -0.39 is 0 Å². The lowest BCUT2D eigenvalue weighted by Gasteiger charge is -2.32. The molecule has 7 heteroatoms. The summed E-state index contributed by atoms with van der Waals surface area (Å²) in [4.78, 5) is 36.7. The summed E-state index contributed by atoms with van der Waals surface area (Å²) in [7, 11) is 0. The highest BCUT2D eigenvalue weighted by Gasteiger charge is 2.22. The van der Waals surface area contributed by atoms with Gasteiger partial charge in [-0.15, -0.1) is 0 Å². The second-order valence-electron chi connectivity index (χ2n) is 6.05. The van der Waals surface area contributed by atoms with E-state index in [4.69, 9.17) is 0 Å². The molecule has 24 heavy (non-hydrogen) atoms. The number of benzene rings is 1. The highest BCUT2D eigenvalue weighted by atomic mass is 16.2. The Balaban J connectivity index is 1.91. The van der Waals surface area contributed by atoms with Gasteiger partial charge in [0.05, 0.1) is 17.9 Å². The van der Waals surface area contributed by atoms with Crippen LogP contribution in [0.25, 0.3) is 0 Å². The molecular weight excluding hydrogens is 308 g/mol. The Bertz CT molecular complexity index is 618. The van der Waals surface area contributed by atoms with Crippen molar-refractivity contribution in [1.82, 2.24) is 10.2 Å². The second kappa shape index (κ2) is 8.44. The van der Waals surface area contributed by atoms with Gasteiger partial charge < -0.3 is 16.0 Å². The molecule has 1 aliphatic heterocycles. The van der Waals surface area contributed by atoms with Crippen molar-refractivity contribution in [3.63, 3.8) is 0 Å². The number of carbonyl (C=O) groups excluding carboxylic acids is 3. The lowest BCUT2D eigenvalue weighted by molar-refractivity contribution is -0.120. The molecule has 0 aromatic heterocycles. The average Bonchev–Trinajstić information content (AvgIpc) is 2.48. The minimum Gasteiger partial charge on any atom is -0.352 e. The fraction of sp³-hybridized carbons (Fsp3) is 0.471. The largest absolute Gasteiger partial charge is 0.352 e. The van der Waals surface area contributed by atoms with Crippen LogP contribution in [0.2, 0.25) is 0 Å². The molecule has 2 rings (SSSR count). The third kappa shape index (κ3) is 5.66. The summed E-state index contributed by atoms with van der Waals surface area (Å²) in [6.45, 7) is 4.68. The first-order valence-electron chi connectivity index (χ1n) is 8.10. The Morgan fingerprint density at radius 3 is 2.38 bits per heavy atom. The van der Waals surface area contributed by atoms with E-state index in [1.165, 1.54) is 13.8 Å². The fourth-order valence-corrected chi connectivity index (χ4v) is 2.89. The molecule has 3 amide bonds. The third-order valence-electron chi connectivity index (χ3n) is 3.79. The van der Waals surface area contributed by atoms with Crippen LogP contribution >= 0.6 is 0 Å². The monoisotopic (exact) mass is 332 g/mol. The predicted octanol–water partition coefficient (Wildman–Crippen LogP) is 1.18. The Morgan fingerprint density at radius 2 is 1.75 bits per heavy atom. The Kier molecular flexibility index (Phi) is 6.31. The number of nitrogens with one attached hydrogen (secondary N) is 3. The van der Waals surface area contributed by atoms with Gasteiger partial charge in [0.25, 0.3) is 0 Å². The number of piperidine rings is 1. The summed E-state index contributed by atoms with van der Waals surface area (Å²) >= 11 is 0. The summed E-state index contributed by atoms with van der Waals surface area (Å²) in [5, 5.41) is 8.44. The number of likely N-dealkylation sites (tertiary alicyclic amines) is 1. The number of hydrogen-bond donors (Lipinski definition) is 3. The molecule has 7 nitrogen and oxygen atoms in total. The van der Waals surface area contributed by atoms with Gasteiger partial charge in [0.15, 0.2) is 0 Å². The molecule has 0 saturated carbocycles. The van der Waals surface area contributed by atoms with Crippen molar-refractivity contribution in [1.29, 1.82) is 0 Å². The summed E-state index contributed by atoms with van der Waals surface area (Å²) in [5.41, 5.74) is 1.15. The molecule has 130 valence electrons. The Labute approximate surface area is 141 Å². The molecule has 1 fully saturated rings. The second-order valence-corrected chi connectivity index (χ2v) is 6.05. The first kappa shape index (κ1) is 17.9. The Hall–Kier alpha value is -2.41. The summed E-state index contributed by atoms with van der Waals surface area (Å²) in [6.07, 6.45) is 1.88. The van der Waals surface area contributed by atoms with Gasteiger partial charge in [-0.2, -0.15) is 0 Å². The summed E-state index contributed by atoms with van der Waals surface area (Å²) in [5.74, 6) is -0.377. The standard InChI is InChI=1S/C17H24N4O3/c1-12(22)18-14-6-5-9-21(10-14)11-17(24)20-16-8-4-3-7-15(16)19-13(2)23/h3-4,7-8,14H,5-6,9-11H2,1-2H3,(H,18,22)(H,19,23)(H,20,24)/t14-/m1/s1. The fourth-order valence-electron chi connectivity index (χ4n) is 2.89. The zero-order valence-electron chi connectivity index (χ0n) is 14.1. The number of rotatable bonds is 5. The highest BCUT2D eigenvalue weighted by Crippen LogP contribution is 2.21. The number of carbonyl (C=O) groups is 3. The molecule has 1 aromatic rings. The predicted molar refractivity (Wildman–Crippen MR) is 92.7 cm³/mol. The van der Waals surface area contributed by atoms with Crippen molar-refractivity contribution in [3.8, 4) is 0 Å². The van der Waals surface area contributed by atoms with Gasteiger partial charge >= 0.3 is 0 Å². The molecule has 0 spiro atoms. The molecule has 3 N–H and O–H groups in total. The molecule has 1 heterocycles. The molecule has 0 radical (unpaired) electrons. The van der Waals surface area contributed by atoms with Crippen LogP contribution in [-0.4, -0.2) is 48.3 Å². The van der Waals surface area contributed by atoms with Gasteiger partial charge in [-0.05, 0) is 31.5 Å². The van der Waals surface area contributed by atoms with E-state index in [1.807, 2.05) is 4.90 Å². The molecule has 1 aliphatic rings. The van der Waals surface area contributed by atoms with Crippen molar-refractivity contribution < 1.29 is 14.4 Å². The van der Waals surface area contributed by atoms with E-state index >= 15 is 0 Å². The Morgan fingerprint density at radius 1 is 1.08 bits per heavy atom. The maximum Gasteiger partial charge on any atom is 0.238 e. The van der Waals surface area contributed by atoms with Gasteiger partial charge in [-0.1, -0.05) is 12.1 Å². The highest BCUT2D eigenvalue weighted by molar-refractivity contribution is 5.99. The SMILES string of the molecule is CC(=O)Nc1ccccc1NC(=O)CN1CCC[C@@H](NC(C)=O)C1. The van der Waals surface area contributed by atoms with Gasteiger partial charge in [-0.25, -0.2) is 0 Å². The van der Waals surface area contributed by atoms with E-state index in [1.54, 1.807) is 24.3 Å². The van der Waals surface area contributed by atoms with Crippen molar-refractivity contribution in [2.75, 3.05) is 30.3 Å². The number of amides is 3. The molecule has 0 unspecified atom stereocenters. The molecule has 0 bridgehead atoms. The van der Waals surface area contributed by atoms with Gasteiger partial charge in [0.2, 0.25) is 17.7 Å².